The van der Waals surface area contributed by atoms with Gasteiger partial charge in [0.2, 0.25) is 0 Å². The van der Waals surface area contributed by atoms with Gasteiger partial charge in [0.05, 0.1) is 11.4 Å². The van der Waals surface area contributed by atoms with E-state index in [1.807, 2.05) is 13.8 Å². The summed E-state index contributed by atoms with van der Waals surface area (Å²) in [6.45, 7) is 5.25. The zero-order chi connectivity index (χ0) is 20.4. The van der Waals surface area contributed by atoms with Crippen molar-refractivity contribution in [3.8, 4) is 0 Å². The lowest BCUT2D eigenvalue weighted by Crippen LogP contribution is -2.33. The molecule has 9 heteroatoms. The van der Waals surface area contributed by atoms with Crippen molar-refractivity contribution in [2.45, 2.75) is 39.7 Å². The molecule has 0 saturated carbocycles. The van der Waals surface area contributed by atoms with Crippen molar-refractivity contribution in [1.29, 1.82) is 0 Å². The second-order valence-corrected chi connectivity index (χ2v) is 6.49. The van der Waals surface area contributed by atoms with Gasteiger partial charge in [-0.25, -0.2) is 18.2 Å². The second-order valence-electron chi connectivity index (χ2n) is 6.49. The Morgan fingerprint density at radius 3 is 2.54 bits per heavy atom. The lowest BCUT2D eigenvalue weighted by molar-refractivity contribution is 0.0754. The van der Waals surface area contributed by atoms with Crippen molar-refractivity contribution in [2.75, 3.05) is 18.4 Å². The van der Waals surface area contributed by atoms with Gasteiger partial charge in [-0.15, -0.1) is 0 Å². The van der Waals surface area contributed by atoms with Crippen LogP contribution in [0, 0.1) is 17.5 Å². The van der Waals surface area contributed by atoms with Gasteiger partial charge in [0, 0.05) is 19.6 Å². The first-order valence-electron chi connectivity index (χ1n) is 9.22. The molecule has 1 aromatic carbocycles. The summed E-state index contributed by atoms with van der Waals surface area (Å²) >= 11 is 0. The minimum atomic E-state index is -1.66. The molecule has 2 aromatic rings. The van der Waals surface area contributed by atoms with Gasteiger partial charge in [0.1, 0.15) is 0 Å². The van der Waals surface area contributed by atoms with Gasteiger partial charge < -0.3 is 14.8 Å². The molecule has 0 bridgehead atoms. The van der Waals surface area contributed by atoms with E-state index in [9.17, 15) is 22.8 Å². The average molecular weight is 394 g/mol. The zero-order valence-corrected chi connectivity index (χ0v) is 15.7. The molecule has 1 N–H and O–H groups in total. The Labute approximate surface area is 160 Å². The number of amides is 2. The fraction of sp³-hybridized carbons (Fsp3) is 0.421. The Hall–Kier alpha value is -2.84. The number of fused-ring (bicyclic) bond motifs is 1. The van der Waals surface area contributed by atoms with Crippen LogP contribution in [0.15, 0.2) is 12.1 Å². The van der Waals surface area contributed by atoms with E-state index in [1.54, 1.807) is 9.47 Å². The topological polar surface area (TPSA) is 67.2 Å². The fourth-order valence-electron chi connectivity index (χ4n) is 3.34. The van der Waals surface area contributed by atoms with Crippen molar-refractivity contribution in [3.63, 3.8) is 0 Å². The molecular formula is C19H21F3N4O2. The molecule has 3 rings (SSSR count). The predicted molar refractivity (Wildman–Crippen MR) is 96.7 cm³/mol. The largest absolute Gasteiger partial charge is 0.337 e. The molecule has 2 amide bonds. The highest BCUT2D eigenvalue weighted by atomic mass is 19.2. The fourth-order valence-corrected chi connectivity index (χ4v) is 3.34. The molecule has 1 aliphatic heterocycles. The highest BCUT2D eigenvalue weighted by Gasteiger charge is 2.29. The zero-order valence-electron chi connectivity index (χ0n) is 15.7. The third-order valence-corrected chi connectivity index (χ3v) is 4.86. The number of nitrogens with zero attached hydrogens (tertiary/aromatic N) is 3. The van der Waals surface area contributed by atoms with Crippen LogP contribution in [0.2, 0.25) is 0 Å². The van der Waals surface area contributed by atoms with Crippen molar-refractivity contribution < 1.29 is 22.8 Å². The van der Waals surface area contributed by atoms with Crippen LogP contribution in [0.3, 0.4) is 0 Å². The summed E-state index contributed by atoms with van der Waals surface area (Å²) in [5, 5.41) is 2.23. The molecule has 1 aliphatic rings. The van der Waals surface area contributed by atoms with Gasteiger partial charge in [-0.3, -0.25) is 9.59 Å². The lowest BCUT2D eigenvalue weighted by Gasteiger charge is -2.21. The highest BCUT2D eigenvalue weighted by Crippen LogP contribution is 2.24. The van der Waals surface area contributed by atoms with Crippen LogP contribution in [0.4, 0.5) is 18.9 Å². The van der Waals surface area contributed by atoms with Gasteiger partial charge in [0.15, 0.2) is 29.0 Å². The normalized spacial score (nSPS) is 13.2. The van der Waals surface area contributed by atoms with Gasteiger partial charge in [-0.05, 0) is 45.2 Å². The maximum absolute atomic E-state index is 13.9. The van der Waals surface area contributed by atoms with E-state index in [0.717, 1.165) is 25.0 Å². The van der Waals surface area contributed by atoms with Gasteiger partial charge in [0.25, 0.3) is 11.8 Å². The van der Waals surface area contributed by atoms with E-state index in [1.165, 1.54) is 0 Å². The molecule has 28 heavy (non-hydrogen) atoms. The monoisotopic (exact) mass is 394 g/mol. The first-order chi connectivity index (χ1) is 13.4. The molecule has 0 saturated heterocycles. The number of aromatic nitrogens is 2. The molecule has 0 aliphatic carbocycles. The van der Waals surface area contributed by atoms with Gasteiger partial charge >= 0.3 is 0 Å². The first kappa shape index (κ1) is 19.9. The number of carbonyl (C=O) groups excluding carboxylic acids is 2. The van der Waals surface area contributed by atoms with Gasteiger partial charge in [-0.2, -0.15) is 0 Å². The standard InChI is InChI=1S/C19H21F3N4O2/c1-3-25(4-2)19(28)17-24-16(13-7-5-6-10-26(13)17)18(27)23-12-9-8-11(20)14(21)15(12)22/h8-9H,3-7,10H2,1-2H3,(H,23,27). The highest BCUT2D eigenvalue weighted by molar-refractivity contribution is 6.05. The number of imidazole rings is 1. The molecule has 0 unspecified atom stereocenters. The number of carbonyl (C=O) groups is 2. The molecular weight excluding hydrogens is 373 g/mol. The summed E-state index contributed by atoms with van der Waals surface area (Å²) in [6, 6.07) is 1.67. The summed E-state index contributed by atoms with van der Waals surface area (Å²) < 4.78 is 42.1. The van der Waals surface area contributed by atoms with E-state index in [4.69, 9.17) is 0 Å². The van der Waals surface area contributed by atoms with Crippen LogP contribution in [0.1, 0.15) is 53.5 Å². The number of anilines is 1. The maximum atomic E-state index is 13.9. The van der Waals surface area contributed by atoms with Crippen LogP contribution < -0.4 is 5.32 Å². The van der Waals surface area contributed by atoms with E-state index >= 15 is 0 Å². The van der Waals surface area contributed by atoms with Crippen LogP contribution in [-0.4, -0.2) is 39.4 Å². The Bertz CT molecular complexity index is 922. The molecule has 0 radical (unpaired) electrons. The average Bonchev–Trinajstić information content (AvgIpc) is 3.09. The lowest BCUT2D eigenvalue weighted by atomic mass is 10.1. The van der Waals surface area contributed by atoms with E-state index in [0.29, 0.717) is 31.7 Å². The Kier molecular flexibility index (Phi) is 5.71. The van der Waals surface area contributed by atoms with Crippen molar-refractivity contribution in [3.05, 3.63) is 46.8 Å². The number of hydrogen-bond acceptors (Lipinski definition) is 3. The summed E-state index contributed by atoms with van der Waals surface area (Å²) in [7, 11) is 0. The Morgan fingerprint density at radius 1 is 1.14 bits per heavy atom. The summed E-state index contributed by atoms with van der Waals surface area (Å²) in [4.78, 5) is 31.3. The summed E-state index contributed by atoms with van der Waals surface area (Å²) in [5.74, 6) is -5.39. The Morgan fingerprint density at radius 2 is 1.86 bits per heavy atom. The number of hydrogen-bond donors (Lipinski definition) is 1. The third kappa shape index (κ3) is 3.48. The van der Waals surface area contributed by atoms with E-state index in [2.05, 4.69) is 10.3 Å². The predicted octanol–water partition coefficient (Wildman–Crippen LogP) is 3.37. The number of halogens is 3. The van der Waals surface area contributed by atoms with Crippen LogP contribution >= 0.6 is 0 Å². The molecule has 150 valence electrons. The van der Waals surface area contributed by atoms with Crippen molar-refractivity contribution in [2.24, 2.45) is 0 Å². The maximum Gasteiger partial charge on any atom is 0.289 e. The molecule has 1 aromatic heterocycles. The van der Waals surface area contributed by atoms with Crippen LogP contribution in [-0.2, 0) is 13.0 Å². The quantitative estimate of drug-likeness (QED) is 0.791. The molecule has 0 fully saturated rings. The molecule has 0 spiro atoms. The van der Waals surface area contributed by atoms with E-state index < -0.39 is 29.0 Å². The Balaban J connectivity index is 1.97. The minimum Gasteiger partial charge on any atom is -0.337 e. The number of nitrogens with one attached hydrogen (secondary N) is 1. The van der Waals surface area contributed by atoms with Crippen molar-refractivity contribution in [1.82, 2.24) is 14.5 Å². The van der Waals surface area contributed by atoms with Crippen LogP contribution in [0.5, 0.6) is 0 Å². The minimum absolute atomic E-state index is 0.000612. The molecule has 0 atom stereocenters. The smallest absolute Gasteiger partial charge is 0.289 e. The van der Waals surface area contributed by atoms with Crippen molar-refractivity contribution >= 4 is 17.5 Å². The second kappa shape index (κ2) is 8.04. The summed E-state index contributed by atoms with van der Waals surface area (Å²) in [6.07, 6.45) is 2.21. The van der Waals surface area contributed by atoms with Crippen LogP contribution in [0.25, 0.3) is 0 Å². The number of benzene rings is 1. The van der Waals surface area contributed by atoms with E-state index in [-0.39, 0.29) is 17.4 Å². The first-order valence-corrected chi connectivity index (χ1v) is 9.22. The molecule has 2 heterocycles. The number of rotatable bonds is 5. The third-order valence-electron chi connectivity index (χ3n) is 4.86. The molecule has 6 nitrogen and oxygen atoms in total. The SMILES string of the molecule is CCN(CC)C(=O)c1nc(C(=O)Nc2ccc(F)c(F)c2F)c2n1CCCC2. The summed E-state index contributed by atoms with van der Waals surface area (Å²) in [5.41, 5.74) is 0.0969. The van der Waals surface area contributed by atoms with Gasteiger partial charge in [-0.1, -0.05) is 0 Å².